The molecule has 0 N–H and O–H groups in total. The highest BCUT2D eigenvalue weighted by Crippen LogP contribution is 2.39. The standard InChI is InChI=1S/C22H23N3O3S/c26-21(16-6-2-1-3-7-16)25(14-15-5-4-8-23-13-15)22-24-17-11-18-19(12-20(17)29-22)28-10-9-27-18/h4-5,8,11-13,16H,1-3,6-7,9-10,14H2. The van der Waals surface area contributed by atoms with Crippen LogP contribution in [0.3, 0.4) is 0 Å². The average molecular weight is 410 g/mol. The molecule has 3 heterocycles. The van der Waals surface area contributed by atoms with Crippen molar-refractivity contribution in [1.29, 1.82) is 0 Å². The first kappa shape index (κ1) is 18.4. The van der Waals surface area contributed by atoms with Gasteiger partial charge in [0.25, 0.3) is 0 Å². The molecule has 0 saturated heterocycles. The smallest absolute Gasteiger partial charge is 0.232 e. The lowest BCUT2D eigenvalue weighted by molar-refractivity contribution is -0.123. The molecule has 5 rings (SSSR count). The van der Waals surface area contributed by atoms with Gasteiger partial charge in [0, 0.05) is 30.4 Å². The van der Waals surface area contributed by atoms with Gasteiger partial charge >= 0.3 is 0 Å². The number of carbonyl (C=O) groups excluding carboxylic acids is 1. The minimum absolute atomic E-state index is 0.0762. The number of hydrogen-bond acceptors (Lipinski definition) is 6. The van der Waals surface area contributed by atoms with Crippen LogP contribution in [-0.2, 0) is 11.3 Å². The number of nitrogens with zero attached hydrogens (tertiary/aromatic N) is 3. The van der Waals surface area contributed by atoms with E-state index in [1.54, 1.807) is 6.20 Å². The van der Waals surface area contributed by atoms with Gasteiger partial charge in [-0.1, -0.05) is 36.7 Å². The largest absolute Gasteiger partial charge is 0.486 e. The van der Waals surface area contributed by atoms with Gasteiger partial charge in [-0.25, -0.2) is 4.98 Å². The topological polar surface area (TPSA) is 64.6 Å². The molecule has 1 aliphatic heterocycles. The van der Waals surface area contributed by atoms with E-state index in [0.717, 1.165) is 58.1 Å². The molecule has 0 atom stereocenters. The molecule has 0 unspecified atom stereocenters. The number of ether oxygens (including phenoxy) is 2. The molecule has 1 amide bonds. The van der Waals surface area contributed by atoms with Crippen molar-refractivity contribution in [3.8, 4) is 11.5 Å². The van der Waals surface area contributed by atoms with Crippen LogP contribution in [0.2, 0.25) is 0 Å². The molecular formula is C22H23N3O3S. The summed E-state index contributed by atoms with van der Waals surface area (Å²) in [5, 5.41) is 0.724. The van der Waals surface area contributed by atoms with Crippen LogP contribution in [0.25, 0.3) is 10.2 Å². The number of benzene rings is 1. The summed E-state index contributed by atoms with van der Waals surface area (Å²) in [6, 6.07) is 7.79. The summed E-state index contributed by atoms with van der Waals surface area (Å²) >= 11 is 1.53. The average Bonchev–Trinajstić information content (AvgIpc) is 3.19. The molecular weight excluding hydrogens is 386 g/mol. The minimum Gasteiger partial charge on any atom is -0.486 e. The normalized spacial score (nSPS) is 16.7. The number of pyridine rings is 1. The molecule has 150 valence electrons. The van der Waals surface area contributed by atoms with Crippen LogP contribution in [0.5, 0.6) is 11.5 Å². The van der Waals surface area contributed by atoms with Gasteiger partial charge in [0.2, 0.25) is 5.91 Å². The second-order valence-corrected chi connectivity index (χ2v) is 8.59. The number of thiazole rings is 1. The van der Waals surface area contributed by atoms with Crippen LogP contribution in [0, 0.1) is 5.92 Å². The number of carbonyl (C=O) groups is 1. The molecule has 0 bridgehead atoms. The fourth-order valence-electron chi connectivity index (χ4n) is 4.05. The zero-order chi connectivity index (χ0) is 19.6. The van der Waals surface area contributed by atoms with Gasteiger partial charge in [0.1, 0.15) is 13.2 Å². The number of amides is 1. The molecule has 7 heteroatoms. The van der Waals surface area contributed by atoms with E-state index in [9.17, 15) is 4.79 Å². The van der Waals surface area contributed by atoms with E-state index < -0.39 is 0 Å². The molecule has 1 aliphatic carbocycles. The van der Waals surface area contributed by atoms with Crippen LogP contribution < -0.4 is 14.4 Å². The van der Waals surface area contributed by atoms with E-state index in [0.29, 0.717) is 19.8 Å². The molecule has 1 fully saturated rings. The van der Waals surface area contributed by atoms with Crippen LogP contribution in [0.4, 0.5) is 5.13 Å². The van der Waals surface area contributed by atoms with Gasteiger partial charge in [0.15, 0.2) is 16.6 Å². The van der Waals surface area contributed by atoms with Crippen LogP contribution in [0.1, 0.15) is 37.7 Å². The van der Waals surface area contributed by atoms with Crippen LogP contribution in [0.15, 0.2) is 36.7 Å². The zero-order valence-corrected chi connectivity index (χ0v) is 17.0. The third-order valence-electron chi connectivity index (χ3n) is 5.56. The minimum atomic E-state index is 0.0762. The van der Waals surface area contributed by atoms with Crippen LogP contribution >= 0.6 is 11.3 Å². The first-order valence-corrected chi connectivity index (χ1v) is 11.0. The van der Waals surface area contributed by atoms with E-state index >= 15 is 0 Å². The summed E-state index contributed by atoms with van der Waals surface area (Å²) in [6.45, 7) is 1.58. The van der Waals surface area contributed by atoms with Crippen molar-refractivity contribution in [2.45, 2.75) is 38.6 Å². The summed E-state index contributed by atoms with van der Waals surface area (Å²) in [5.74, 6) is 1.71. The third kappa shape index (κ3) is 3.79. The van der Waals surface area contributed by atoms with Crippen LogP contribution in [-0.4, -0.2) is 29.1 Å². The number of aromatic nitrogens is 2. The van der Waals surface area contributed by atoms with E-state index in [2.05, 4.69) is 4.98 Å². The maximum atomic E-state index is 13.5. The second kappa shape index (κ2) is 7.99. The molecule has 1 saturated carbocycles. The van der Waals surface area contributed by atoms with Gasteiger partial charge in [-0.15, -0.1) is 0 Å². The summed E-state index contributed by atoms with van der Waals surface area (Å²) in [5.41, 5.74) is 1.84. The lowest BCUT2D eigenvalue weighted by atomic mass is 9.88. The maximum absolute atomic E-state index is 13.5. The van der Waals surface area contributed by atoms with Gasteiger partial charge in [-0.3, -0.25) is 14.7 Å². The number of hydrogen-bond donors (Lipinski definition) is 0. The molecule has 0 radical (unpaired) electrons. The summed E-state index contributed by atoms with van der Waals surface area (Å²) in [4.78, 5) is 24.3. The Kier molecular flexibility index (Phi) is 5.06. The Hall–Kier alpha value is -2.67. The fourth-order valence-corrected chi connectivity index (χ4v) is 5.03. The Morgan fingerprint density at radius 3 is 2.69 bits per heavy atom. The number of rotatable bonds is 4. The molecule has 29 heavy (non-hydrogen) atoms. The number of anilines is 1. The SMILES string of the molecule is O=C(C1CCCCC1)N(Cc1cccnc1)c1nc2cc3c(cc2s1)OCCO3. The zero-order valence-electron chi connectivity index (χ0n) is 16.2. The van der Waals surface area contributed by atoms with Crippen molar-refractivity contribution in [2.75, 3.05) is 18.1 Å². The highest BCUT2D eigenvalue weighted by molar-refractivity contribution is 7.22. The molecule has 0 spiro atoms. The van der Waals surface area contributed by atoms with Crippen molar-refractivity contribution in [3.63, 3.8) is 0 Å². The quantitative estimate of drug-likeness (QED) is 0.631. The summed E-state index contributed by atoms with van der Waals surface area (Å²) < 4.78 is 12.4. The van der Waals surface area contributed by atoms with Crippen molar-refractivity contribution in [2.24, 2.45) is 5.92 Å². The fraction of sp³-hybridized carbons (Fsp3) is 0.409. The van der Waals surface area contributed by atoms with Gasteiger partial charge in [0.05, 0.1) is 16.8 Å². The summed E-state index contributed by atoms with van der Waals surface area (Å²) in [6.07, 6.45) is 8.95. The Balaban J connectivity index is 1.51. The van der Waals surface area contributed by atoms with Gasteiger partial charge < -0.3 is 9.47 Å². The van der Waals surface area contributed by atoms with Crippen molar-refractivity contribution in [1.82, 2.24) is 9.97 Å². The predicted octanol–water partition coefficient (Wildman–Crippen LogP) is 4.58. The molecule has 3 aromatic rings. The molecule has 2 aromatic heterocycles. The lowest BCUT2D eigenvalue weighted by Gasteiger charge is -2.27. The first-order valence-electron chi connectivity index (χ1n) is 10.2. The molecule has 2 aliphatic rings. The predicted molar refractivity (Wildman–Crippen MR) is 113 cm³/mol. The Labute approximate surface area is 173 Å². The van der Waals surface area contributed by atoms with E-state index in [-0.39, 0.29) is 11.8 Å². The van der Waals surface area contributed by atoms with Crippen molar-refractivity contribution < 1.29 is 14.3 Å². The van der Waals surface area contributed by atoms with Crippen molar-refractivity contribution in [3.05, 3.63) is 42.2 Å². The van der Waals surface area contributed by atoms with Gasteiger partial charge in [-0.05, 0) is 24.5 Å². The van der Waals surface area contributed by atoms with E-state index in [1.165, 1.54) is 17.8 Å². The highest BCUT2D eigenvalue weighted by Gasteiger charge is 2.29. The molecule has 6 nitrogen and oxygen atoms in total. The Bertz CT molecular complexity index is 972. The van der Waals surface area contributed by atoms with Gasteiger partial charge in [-0.2, -0.15) is 0 Å². The molecule has 1 aromatic carbocycles. The summed E-state index contributed by atoms with van der Waals surface area (Å²) in [7, 11) is 0. The number of fused-ring (bicyclic) bond motifs is 2. The first-order chi connectivity index (χ1) is 14.3. The monoisotopic (exact) mass is 409 g/mol. The third-order valence-corrected chi connectivity index (χ3v) is 6.60. The Morgan fingerprint density at radius 1 is 1.14 bits per heavy atom. The van der Waals surface area contributed by atoms with Crippen molar-refractivity contribution >= 4 is 32.6 Å². The second-order valence-electron chi connectivity index (χ2n) is 7.58. The van der Waals surface area contributed by atoms with E-state index in [4.69, 9.17) is 14.5 Å². The highest BCUT2D eigenvalue weighted by atomic mass is 32.1. The maximum Gasteiger partial charge on any atom is 0.232 e. The lowest BCUT2D eigenvalue weighted by Crippen LogP contribution is -2.36. The van der Waals surface area contributed by atoms with E-state index in [1.807, 2.05) is 35.4 Å². The Morgan fingerprint density at radius 2 is 1.93 bits per heavy atom.